The zero-order chi connectivity index (χ0) is 11.1. The van der Waals surface area contributed by atoms with Gasteiger partial charge in [-0.2, -0.15) is 0 Å². The smallest absolute Gasteiger partial charge is 0.223 e. The van der Waals surface area contributed by atoms with E-state index in [1.165, 1.54) is 5.56 Å². The van der Waals surface area contributed by atoms with Crippen LogP contribution in [0, 0.1) is 0 Å². The molecule has 1 aromatic rings. The van der Waals surface area contributed by atoms with Gasteiger partial charge in [0, 0.05) is 33.6 Å². The molecule has 0 spiro atoms. The van der Waals surface area contributed by atoms with E-state index in [4.69, 9.17) is 0 Å². The molecular formula is C12H18N2O. The standard InChI is InChI=1S/C12H18N2O/c1-14(2)12(15)8-9-13-10-11-6-4-3-5-7-11/h3-7,13H,8-10H2,1-2H3. The lowest BCUT2D eigenvalue weighted by molar-refractivity contribution is -0.128. The Bertz CT molecular complexity index is 296. The molecule has 1 aromatic carbocycles. The zero-order valence-electron chi connectivity index (χ0n) is 9.36. The number of benzene rings is 1. The van der Waals surface area contributed by atoms with Crippen LogP contribution in [-0.2, 0) is 11.3 Å². The molecule has 15 heavy (non-hydrogen) atoms. The monoisotopic (exact) mass is 206 g/mol. The van der Waals surface area contributed by atoms with Crippen molar-refractivity contribution in [2.75, 3.05) is 20.6 Å². The van der Waals surface area contributed by atoms with E-state index in [1.54, 1.807) is 19.0 Å². The molecule has 1 amide bonds. The van der Waals surface area contributed by atoms with Gasteiger partial charge in [-0.1, -0.05) is 30.3 Å². The van der Waals surface area contributed by atoms with Crippen LogP contribution in [0.4, 0.5) is 0 Å². The highest BCUT2D eigenvalue weighted by molar-refractivity contribution is 5.75. The first-order valence-corrected chi connectivity index (χ1v) is 5.15. The lowest BCUT2D eigenvalue weighted by Crippen LogP contribution is -2.26. The molecule has 0 heterocycles. The fourth-order valence-corrected chi connectivity index (χ4v) is 1.25. The second kappa shape index (κ2) is 6.19. The van der Waals surface area contributed by atoms with Crippen LogP contribution in [0.3, 0.4) is 0 Å². The first-order valence-electron chi connectivity index (χ1n) is 5.15. The van der Waals surface area contributed by atoms with Crippen molar-refractivity contribution in [3.05, 3.63) is 35.9 Å². The molecule has 82 valence electrons. The van der Waals surface area contributed by atoms with Crippen LogP contribution >= 0.6 is 0 Å². The molecule has 0 aliphatic rings. The average Bonchev–Trinajstić information content (AvgIpc) is 2.25. The number of hydrogen-bond acceptors (Lipinski definition) is 2. The molecule has 0 aliphatic carbocycles. The Morgan fingerprint density at radius 3 is 2.53 bits per heavy atom. The maximum atomic E-state index is 11.2. The van der Waals surface area contributed by atoms with Crippen LogP contribution in [0.25, 0.3) is 0 Å². The lowest BCUT2D eigenvalue weighted by Gasteiger charge is -2.10. The fraction of sp³-hybridized carbons (Fsp3) is 0.417. The van der Waals surface area contributed by atoms with E-state index in [9.17, 15) is 4.79 Å². The highest BCUT2D eigenvalue weighted by Crippen LogP contribution is 1.97. The Morgan fingerprint density at radius 2 is 1.93 bits per heavy atom. The third-order valence-corrected chi connectivity index (χ3v) is 2.19. The molecule has 0 radical (unpaired) electrons. The Kier molecular flexibility index (Phi) is 4.84. The summed E-state index contributed by atoms with van der Waals surface area (Å²) in [6.07, 6.45) is 0.555. The van der Waals surface area contributed by atoms with Gasteiger partial charge in [0.2, 0.25) is 5.91 Å². The first-order chi connectivity index (χ1) is 7.20. The molecule has 0 atom stereocenters. The van der Waals surface area contributed by atoms with Crippen molar-refractivity contribution in [1.29, 1.82) is 0 Å². The molecular weight excluding hydrogens is 188 g/mol. The molecule has 0 aliphatic heterocycles. The molecule has 0 saturated heterocycles. The summed E-state index contributed by atoms with van der Waals surface area (Å²) in [5, 5.41) is 3.24. The Balaban J connectivity index is 2.15. The summed E-state index contributed by atoms with van der Waals surface area (Å²) in [6.45, 7) is 1.55. The average molecular weight is 206 g/mol. The number of amides is 1. The minimum atomic E-state index is 0.163. The normalized spacial score (nSPS) is 10.0. The van der Waals surface area contributed by atoms with Crippen molar-refractivity contribution in [2.24, 2.45) is 0 Å². The molecule has 1 N–H and O–H groups in total. The largest absolute Gasteiger partial charge is 0.349 e. The van der Waals surface area contributed by atoms with Gasteiger partial charge in [-0.05, 0) is 5.56 Å². The van der Waals surface area contributed by atoms with Crippen LogP contribution in [0.1, 0.15) is 12.0 Å². The highest BCUT2D eigenvalue weighted by Gasteiger charge is 2.01. The second-order valence-electron chi connectivity index (χ2n) is 3.70. The summed E-state index contributed by atoms with van der Waals surface area (Å²) < 4.78 is 0. The van der Waals surface area contributed by atoms with E-state index in [-0.39, 0.29) is 5.91 Å². The Labute approximate surface area is 91.1 Å². The van der Waals surface area contributed by atoms with Gasteiger partial charge in [0.25, 0.3) is 0 Å². The van der Waals surface area contributed by atoms with Gasteiger partial charge < -0.3 is 10.2 Å². The fourth-order valence-electron chi connectivity index (χ4n) is 1.25. The van der Waals surface area contributed by atoms with Crippen LogP contribution in [0.2, 0.25) is 0 Å². The minimum Gasteiger partial charge on any atom is -0.349 e. The number of hydrogen-bond donors (Lipinski definition) is 1. The molecule has 1 rings (SSSR count). The highest BCUT2D eigenvalue weighted by atomic mass is 16.2. The quantitative estimate of drug-likeness (QED) is 0.735. The van der Waals surface area contributed by atoms with Crippen molar-refractivity contribution in [2.45, 2.75) is 13.0 Å². The SMILES string of the molecule is CN(C)C(=O)CCNCc1ccccc1. The zero-order valence-corrected chi connectivity index (χ0v) is 9.36. The molecule has 0 aromatic heterocycles. The van der Waals surface area contributed by atoms with Gasteiger partial charge in [-0.25, -0.2) is 0 Å². The first kappa shape index (κ1) is 11.7. The number of nitrogens with zero attached hydrogens (tertiary/aromatic N) is 1. The van der Waals surface area contributed by atoms with Gasteiger partial charge in [-0.15, -0.1) is 0 Å². The van der Waals surface area contributed by atoms with E-state index < -0.39 is 0 Å². The summed E-state index contributed by atoms with van der Waals surface area (Å²) in [4.78, 5) is 12.9. The summed E-state index contributed by atoms with van der Waals surface area (Å²) in [7, 11) is 3.55. The summed E-state index contributed by atoms with van der Waals surface area (Å²) in [6, 6.07) is 10.2. The van der Waals surface area contributed by atoms with Crippen LogP contribution in [0.15, 0.2) is 30.3 Å². The van der Waals surface area contributed by atoms with Gasteiger partial charge >= 0.3 is 0 Å². The van der Waals surface area contributed by atoms with Crippen LogP contribution < -0.4 is 5.32 Å². The predicted octanol–water partition coefficient (Wildman–Crippen LogP) is 1.25. The van der Waals surface area contributed by atoms with Crippen molar-refractivity contribution in [3.8, 4) is 0 Å². The third kappa shape index (κ3) is 4.61. The number of rotatable bonds is 5. The van der Waals surface area contributed by atoms with E-state index in [0.717, 1.165) is 13.1 Å². The molecule has 0 bridgehead atoms. The van der Waals surface area contributed by atoms with E-state index >= 15 is 0 Å². The third-order valence-electron chi connectivity index (χ3n) is 2.19. The Morgan fingerprint density at radius 1 is 1.27 bits per heavy atom. The van der Waals surface area contributed by atoms with Gasteiger partial charge in [-0.3, -0.25) is 4.79 Å². The molecule has 0 unspecified atom stereocenters. The van der Waals surface area contributed by atoms with Crippen LogP contribution in [-0.4, -0.2) is 31.4 Å². The summed E-state index contributed by atoms with van der Waals surface area (Å²) in [5.74, 6) is 0.163. The number of carbonyl (C=O) groups is 1. The molecule has 0 fully saturated rings. The minimum absolute atomic E-state index is 0.163. The maximum absolute atomic E-state index is 11.2. The summed E-state index contributed by atoms with van der Waals surface area (Å²) in [5.41, 5.74) is 1.25. The van der Waals surface area contributed by atoms with E-state index in [0.29, 0.717) is 6.42 Å². The predicted molar refractivity (Wildman–Crippen MR) is 61.5 cm³/mol. The van der Waals surface area contributed by atoms with Crippen molar-refractivity contribution in [3.63, 3.8) is 0 Å². The van der Waals surface area contributed by atoms with Gasteiger partial charge in [0.15, 0.2) is 0 Å². The van der Waals surface area contributed by atoms with Crippen molar-refractivity contribution >= 4 is 5.91 Å². The molecule has 3 nitrogen and oxygen atoms in total. The van der Waals surface area contributed by atoms with Gasteiger partial charge in [0.1, 0.15) is 0 Å². The lowest BCUT2D eigenvalue weighted by atomic mass is 10.2. The number of nitrogens with one attached hydrogen (secondary N) is 1. The second-order valence-corrected chi connectivity index (χ2v) is 3.70. The maximum Gasteiger partial charge on any atom is 0.223 e. The van der Waals surface area contributed by atoms with Crippen molar-refractivity contribution < 1.29 is 4.79 Å². The van der Waals surface area contributed by atoms with Crippen molar-refractivity contribution in [1.82, 2.24) is 10.2 Å². The molecule has 0 saturated carbocycles. The topological polar surface area (TPSA) is 32.3 Å². The Hall–Kier alpha value is -1.35. The van der Waals surface area contributed by atoms with E-state index in [1.807, 2.05) is 18.2 Å². The number of carbonyl (C=O) groups excluding carboxylic acids is 1. The molecule has 3 heteroatoms. The summed E-state index contributed by atoms with van der Waals surface area (Å²) >= 11 is 0. The van der Waals surface area contributed by atoms with Gasteiger partial charge in [0.05, 0.1) is 0 Å². The van der Waals surface area contributed by atoms with E-state index in [2.05, 4.69) is 17.4 Å². The van der Waals surface area contributed by atoms with Crippen LogP contribution in [0.5, 0.6) is 0 Å².